The first-order chi connectivity index (χ1) is 8.62. The maximum Gasteiger partial charge on any atom is 0.237 e. The van der Waals surface area contributed by atoms with E-state index in [9.17, 15) is 13.6 Å². The minimum absolute atomic E-state index is 0.315. The van der Waals surface area contributed by atoms with Gasteiger partial charge in [-0.1, -0.05) is 26.8 Å². The molecule has 0 heterocycles. The van der Waals surface area contributed by atoms with Crippen molar-refractivity contribution in [2.75, 3.05) is 0 Å². The van der Waals surface area contributed by atoms with Gasteiger partial charge in [0.05, 0.1) is 12.1 Å². The summed E-state index contributed by atoms with van der Waals surface area (Å²) in [4.78, 5) is 11.9. The summed E-state index contributed by atoms with van der Waals surface area (Å²) in [5.41, 5.74) is 5.96. The molecule has 0 saturated carbocycles. The van der Waals surface area contributed by atoms with Gasteiger partial charge in [0.1, 0.15) is 0 Å². The first-order valence-corrected chi connectivity index (χ1v) is 6.14. The van der Waals surface area contributed by atoms with Crippen LogP contribution < -0.4 is 11.1 Å². The highest BCUT2D eigenvalue weighted by Crippen LogP contribution is 2.20. The Labute approximate surface area is 112 Å². The third-order valence-electron chi connectivity index (χ3n) is 3.02. The highest BCUT2D eigenvalue weighted by Gasteiger charge is 2.28. The molecule has 1 unspecified atom stereocenters. The van der Waals surface area contributed by atoms with E-state index in [1.165, 1.54) is 6.07 Å². The summed E-state index contributed by atoms with van der Waals surface area (Å²) in [5.74, 6) is -2.16. The molecule has 0 aliphatic carbocycles. The lowest BCUT2D eigenvalue weighted by atomic mass is 9.86. The minimum Gasteiger partial charge on any atom is -0.348 e. The van der Waals surface area contributed by atoms with Gasteiger partial charge in [-0.3, -0.25) is 4.79 Å². The standard InChI is InChI=1S/C14H20F2N2O/c1-8(9-5-6-10(15)11(16)7-9)18-13(19)12(17)14(2,3)4/h5-8,12H,17H2,1-4H3,(H,18,19)/t8?,12-/m1/s1. The number of nitrogens with two attached hydrogens (primary N) is 1. The number of hydrogen-bond donors (Lipinski definition) is 2. The topological polar surface area (TPSA) is 55.1 Å². The largest absolute Gasteiger partial charge is 0.348 e. The number of rotatable bonds is 3. The molecular weight excluding hydrogens is 250 g/mol. The van der Waals surface area contributed by atoms with Crippen LogP contribution in [-0.2, 0) is 4.79 Å². The van der Waals surface area contributed by atoms with Crippen LogP contribution in [0, 0.1) is 17.0 Å². The lowest BCUT2D eigenvalue weighted by molar-refractivity contribution is -0.125. The number of benzene rings is 1. The molecule has 1 rings (SSSR count). The molecule has 0 radical (unpaired) electrons. The van der Waals surface area contributed by atoms with Crippen molar-refractivity contribution in [2.45, 2.75) is 39.8 Å². The highest BCUT2D eigenvalue weighted by molar-refractivity contribution is 5.82. The summed E-state index contributed by atoms with van der Waals surface area (Å²) in [6, 6.07) is 2.45. The molecular formula is C14H20F2N2O. The van der Waals surface area contributed by atoms with Gasteiger partial charge in [-0.2, -0.15) is 0 Å². The van der Waals surface area contributed by atoms with Crippen LogP contribution in [0.3, 0.4) is 0 Å². The molecule has 0 aliphatic heterocycles. The van der Waals surface area contributed by atoms with Gasteiger partial charge in [-0.05, 0) is 30.0 Å². The van der Waals surface area contributed by atoms with Crippen LogP contribution in [0.15, 0.2) is 18.2 Å². The summed E-state index contributed by atoms with van der Waals surface area (Å²) in [5, 5.41) is 2.70. The Hall–Kier alpha value is -1.49. The lowest BCUT2D eigenvalue weighted by Gasteiger charge is -2.27. The first-order valence-electron chi connectivity index (χ1n) is 6.14. The van der Waals surface area contributed by atoms with Gasteiger partial charge >= 0.3 is 0 Å². The van der Waals surface area contributed by atoms with E-state index in [2.05, 4.69) is 5.32 Å². The maximum absolute atomic E-state index is 13.1. The fraction of sp³-hybridized carbons (Fsp3) is 0.500. The number of hydrogen-bond acceptors (Lipinski definition) is 2. The van der Waals surface area contributed by atoms with Crippen LogP contribution in [0.25, 0.3) is 0 Å². The molecule has 3 nitrogen and oxygen atoms in total. The summed E-state index contributed by atoms with van der Waals surface area (Å²) >= 11 is 0. The van der Waals surface area contributed by atoms with E-state index < -0.39 is 23.7 Å². The zero-order valence-corrected chi connectivity index (χ0v) is 11.6. The van der Waals surface area contributed by atoms with Gasteiger partial charge in [-0.25, -0.2) is 8.78 Å². The van der Waals surface area contributed by atoms with Gasteiger partial charge in [0.2, 0.25) is 5.91 Å². The molecule has 0 spiro atoms. The average Bonchev–Trinajstić information content (AvgIpc) is 2.30. The molecule has 106 valence electrons. The first kappa shape index (κ1) is 15.6. The Morgan fingerprint density at radius 1 is 1.26 bits per heavy atom. The second-order valence-electron chi connectivity index (χ2n) is 5.75. The molecule has 0 fully saturated rings. The van der Waals surface area contributed by atoms with Gasteiger partial charge in [0.15, 0.2) is 11.6 Å². The van der Waals surface area contributed by atoms with Crippen LogP contribution >= 0.6 is 0 Å². The number of carbonyl (C=O) groups excluding carboxylic acids is 1. The fourth-order valence-corrected chi connectivity index (χ4v) is 1.56. The van der Waals surface area contributed by atoms with Crippen molar-refractivity contribution in [1.29, 1.82) is 0 Å². The average molecular weight is 270 g/mol. The molecule has 0 aliphatic rings. The summed E-state index contributed by atoms with van der Waals surface area (Å²) in [6.45, 7) is 7.28. The molecule has 1 aromatic carbocycles. The van der Waals surface area contributed by atoms with Gasteiger partial charge < -0.3 is 11.1 Å². The van der Waals surface area contributed by atoms with Crippen LogP contribution in [0.5, 0.6) is 0 Å². The van der Waals surface area contributed by atoms with Gasteiger partial charge in [-0.15, -0.1) is 0 Å². The Morgan fingerprint density at radius 2 is 1.84 bits per heavy atom. The van der Waals surface area contributed by atoms with Crippen molar-refractivity contribution < 1.29 is 13.6 Å². The van der Waals surface area contributed by atoms with E-state index in [4.69, 9.17) is 5.73 Å². The Morgan fingerprint density at radius 3 is 2.32 bits per heavy atom. The normalized spacial score (nSPS) is 14.9. The quantitative estimate of drug-likeness (QED) is 0.886. The van der Waals surface area contributed by atoms with E-state index in [1.807, 2.05) is 20.8 Å². The van der Waals surface area contributed by atoms with Crippen LogP contribution in [0.1, 0.15) is 39.3 Å². The highest BCUT2D eigenvalue weighted by atomic mass is 19.2. The zero-order chi connectivity index (χ0) is 14.8. The number of amides is 1. The zero-order valence-electron chi connectivity index (χ0n) is 11.6. The maximum atomic E-state index is 13.1. The second-order valence-corrected chi connectivity index (χ2v) is 5.75. The Kier molecular flexibility index (Phi) is 4.63. The molecule has 1 amide bonds. The van der Waals surface area contributed by atoms with Crippen molar-refractivity contribution in [3.63, 3.8) is 0 Å². The summed E-state index contributed by atoms with van der Waals surface area (Å²) in [6.07, 6.45) is 0. The Bertz CT molecular complexity index is 469. The number of nitrogens with one attached hydrogen (secondary N) is 1. The second kappa shape index (κ2) is 5.65. The molecule has 2 atom stereocenters. The van der Waals surface area contributed by atoms with Gasteiger partial charge in [0, 0.05) is 0 Å². The monoisotopic (exact) mass is 270 g/mol. The van der Waals surface area contributed by atoms with E-state index in [-0.39, 0.29) is 11.3 Å². The molecule has 19 heavy (non-hydrogen) atoms. The van der Waals surface area contributed by atoms with Crippen LogP contribution in [-0.4, -0.2) is 11.9 Å². The van der Waals surface area contributed by atoms with Crippen molar-refractivity contribution >= 4 is 5.91 Å². The molecule has 0 saturated heterocycles. The third kappa shape index (κ3) is 3.99. The number of halogens is 2. The SMILES string of the molecule is CC(NC(=O)[C@@H](N)C(C)(C)C)c1ccc(F)c(F)c1. The van der Waals surface area contributed by atoms with Crippen molar-refractivity contribution in [1.82, 2.24) is 5.32 Å². The lowest BCUT2D eigenvalue weighted by Crippen LogP contribution is -2.49. The number of carbonyl (C=O) groups is 1. The summed E-state index contributed by atoms with van der Waals surface area (Å²) < 4.78 is 25.9. The molecule has 5 heteroatoms. The molecule has 1 aromatic rings. The fourth-order valence-electron chi connectivity index (χ4n) is 1.56. The predicted octanol–water partition coefficient (Wildman–Crippen LogP) is 2.52. The minimum atomic E-state index is -0.932. The smallest absolute Gasteiger partial charge is 0.237 e. The van der Waals surface area contributed by atoms with Crippen molar-refractivity contribution in [3.05, 3.63) is 35.4 Å². The Balaban J connectivity index is 2.77. The van der Waals surface area contributed by atoms with Crippen LogP contribution in [0.4, 0.5) is 8.78 Å². The summed E-state index contributed by atoms with van der Waals surface area (Å²) in [7, 11) is 0. The predicted molar refractivity (Wildman–Crippen MR) is 70.3 cm³/mol. The van der Waals surface area contributed by atoms with E-state index >= 15 is 0 Å². The third-order valence-corrected chi connectivity index (χ3v) is 3.02. The van der Waals surface area contributed by atoms with E-state index in [1.54, 1.807) is 6.92 Å². The van der Waals surface area contributed by atoms with Crippen LogP contribution in [0.2, 0.25) is 0 Å². The van der Waals surface area contributed by atoms with Crippen molar-refractivity contribution in [2.24, 2.45) is 11.1 Å². The van der Waals surface area contributed by atoms with Crippen molar-refractivity contribution in [3.8, 4) is 0 Å². The molecule has 3 N–H and O–H groups in total. The van der Waals surface area contributed by atoms with E-state index in [0.29, 0.717) is 5.56 Å². The van der Waals surface area contributed by atoms with Gasteiger partial charge in [0.25, 0.3) is 0 Å². The van der Waals surface area contributed by atoms with E-state index in [0.717, 1.165) is 12.1 Å². The molecule has 0 aromatic heterocycles. The molecule has 0 bridgehead atoms.